The van der Waals surface area contributed by atoms with Gasteiger partial charge in [-0.25, -0.2) is 0 Å². The molecule has 1 spiro atoms. The molecular weight excluding hydrogens is 909 g/mol. The van der Waals surface area contributed by atoms with Gasteiger partial charge in [0.15, 0.2) is 0 Å². The lowest BCUT2D eigenvalue weighted by molar-refractivity contribution is 0.661. The zero-order chi connectivity index (χ0) is 47.7. The Bertz CT molecular complexity index is 4090. The number of hydrogen-bond donors (Lipinski definition) is 0. The molecule has 12 aromatic rings. The number of benzene rings is 11. The lowest BCUT2D eigenvalue weighted by Crippen LogP contribution is -2.34. The van der Waals surface area contributed by atoms with Crippen molar-refractivity contribution in [3.8, 4) is 22.3 Å². The Morgan fingerprint density at radius 1 is 0.361 bits per heavy atom. The van der Waals surface area contributed by atoms with Crippen LogP contribution in [0.5, 0.6) is 0 Å². The van der Waals surface area contributed by atoms with Crippen molar-refractivity contribution in [1.82, 2.24) is 0 Å². The topological polar surface area (TPSA) is 6.48 Å². The summed E-state index contributed by atoms with van der Waals surface area (Å²) in [7, 11) is 0. The van der Waals surface area contributed by atoms with Gasteiger partial charge in [0.2, 0.25) is 0 Å². The number of rotatable bonds is 6. The maximum Gasteiger partial charge on any atom is 0.0756 e. The molecule has 0 bridgehead atoms. The molecule has 0 unspecified atom stereocenters. The number of thiophene rings is 1. The van der Waals surface area contributed by atoms with Crippen LogP contribution in [0.25, 0.3) is 53.2 Å². The van der Waals surface area contributed by atoms with E-state index in [1.54, 1.807) is 0 Å². The predicted molar refractivity (Wildman–Crippen MR) is 305 cm³/mol. The van der Waals surface area contributed by atoms with Crippen molar-refractivity contribution in [2.45, 2.75) is 34.5 Å². The third kappa shape index (κ3) is 5.73. The van der Waals surface area contributed by atoms with E-state index in [4.69, 9.17) is 0 Å². The van der Waals surface area contributed by atoms with Crippen LogP contribution < -0.4 is 9.80 Å². The van der Waals surface area contributed by atoms with E-state index in [1.165, 1.54) is 113 Å². The Balaban J connectivity index is 1.05. The van der Waals surface area contributed by atoms with Crippen molar-refractivity contribution in [3.05, 3.63) is 276 Å². The van der Waals surface area contributed by atoms with Gasteiger partial charge in [-0.2, -0.15) is 0 Å². The highest BCUT2D eigenvalue weighted by molar-refractivity contribution is 7.99. The average Bonchev–Trinajstić information content (AvgIpc) is 4.04. The number of fused-ring (bicyclic) bond motifs is 17. The van der Waals surface area contributed by atoms with Crippen LogP contribution in [0.1, 0.15) is 47.2 Å². The molecule has 0 fully saturated rings. The van der Waals surface area contributed by atoms with E-state index in [9.17, 15) is 0 Å². The van der Waals surface area contributed by atoms with Gasteiger partial charge in [-0.15, -0.1) is 11.3 Å². The molecular formula is C68H46N2S2. The first-order valence-electron chi connectivity index (χ1n) is 24.9. The molecule has 2 heterocycles. The van der Waals surface area contributed by atoms with Gasteiger partial charge >= 0.3 is 0 Å². The third-order valence-corrected chi connectivity index (χ3v) is 18.2. The summed E-state index contributed by atoms with van der Waals surface area (Å²) in [6.07, 6.45) is 0. The first-order valence-corrected chi connectivity index (χ1v) is 26.6. The summed E-state index contributed by atoms with van der Waals surface area (Å²) in [6, 6.07) is 90.9. The monoisotopic (exact) mass is 954 g/mol. The summed E-state index contributed by atoms with van der Waals surface area (Å²) >= 11 is 3.85. The summed E-state index contributed by atoms with van der Waals surface area (Å²) in [5.74, 6) is 0. The van der Waals surface area contributed by atoms with E-state index < -0.39 is 5.41 Å². The minimum Gasteiger partial charge on any atom is -0.310 e. The fraction of sp³-hybridized carbons (Fsp3) is 0.0588. The van der Waals surface area contributed by atoms with Crippen LogP contribution in [0.2, 0.25) is 0 Å². The van der Waals surface area contributed by atoms with E-state index in [0.717, 1.165) is 17.1 Å². The van der Waals surface area contributed by atoms with E-state index in [1.807, 2.05) is 23.1 Å². The molecule has 4 heteroatoms. The normalized spacial score (nSPS) is 14.1. The molecule has 3 aliphatic rings. The first-order chi connectivity index (χ1) is 35.5. The number of nitrogens with zero attached hydrogens (tertiary/aromatic N) is 2. The van der Waals surface area contributed by atoms with E-state index in [0.29, 0.717) is 0 Å². The second kappa shape index (κ2) is 15.7. The smallest absolute Gasteiger partial charge is 0.0756 e. The Morgan fingerprint density at radius 2 is 0.889 bits per heavy atom. The van der Waals surface area contributed by atoms with Crippen LogP contribution in [-0.4, -0.2) is 0 Å². The molecule has 340 valence electrons. The Hall–Kier alpha value is -8.15. The van der Waals surface area contributed by atoms with E-state index >= 15 is 0 Å². The maximum absolute atomic E-state index is 2.60. The SMILES string of the molecule is CC1(C)c2cc3ccccc3cc2-c2c(N(c3ccccc3)c3cccc4c3C3(c5ccccc5-c5ccccc53)c3ccc5sc6cccc(N(c7ccccc7)c7ccccc7)c6c5c3S4)cccc21. The van der Waals surface area contributed by atoms with E-state index in [-0.39, 0.29) is 5.41 Å². The van der Waals surface area contributed by atoms with Crippen molar-refractivity contribution in [2.24, 2.45) is 0 Å². The zero-order valence-corrected chi connectivity index (χ0v) is 41.4. The van der Waals surface area contributed by atoms with Crippen molar-refractivity contribution in [2.75, 3.05) is 9.80 Å². The summed E-state index contributed by atoms with van der Waals surface area (Å²) in [4.78, 5) is 7.63. The molecule has 72 heavy (non-hydrogen) atoms. The van der Waals surface area contributed by atoms with Gasteiger partial charge in [0.05, 0.1) is 22.5 Å². The van der Waals surface area contributed by atoms with Crippen LogP contribution in [-0.2, 0) is 10.8 Å². The quantitative estimate of drug-likeness (QED) is 0.164. The largest absolute Gasteiger partial charge is 0.310 e. The molecule has 0 saturated carbocycles. The standard InChI is InChI=1S/C68H46N2S2/c1-67(2)53-33-18-34-56(62(53)50-41-43-21-12-13-22-44(43)42-55(50)67)70(47-27-10-5-11-28-47)58-36-20-38-61-65(58)68(51-31-16-14-29-48(51)49-30-15-17-32-52(49)68)54-39-40-60-64(66(54)72-61)63-57(35-19-37-59(63)71-60)69(45-23-6-3-7-24-45)46-25-8-4-9-26-46/h3-42H,1-2H3. The first kappa shape index (κ1) is 41.6. The fourth-order valence-electron chi connectivity index (χ4n) is 12.9. The molecule has 2 nitrogen and oxygen atoms in total. The van der Waals surface area contributed by atoms with Crippen molar-refractivity contribution < 1.29 is 0 Å². The van der Waals surface area contributed by atoms with Gasteiger partial charge in [0, 0.05) is 63.6 Å². The fourth-order valence-corrected chi connectivity index (χ4v) is 15.4. The third-order valence-electron chi connectivity index (χ3n) is 15.9. The molecule has 15 rings (SSSR count). The van der Waals surface area contributed by atoms with Crippen LogP contribution in [0.4, 0.5) is 34.1 Å². The van der Waals surface area contributed by atoms with Gasteiger partial charge in [0.1, 0.15) is 0 Å². The van der Waals surface area contributed by atoms with Crippen LogP contribution in [0, 0.1) is 0 Å². The van der Waals surface area contributed by atoms with Gasteiger partial charge < -0.3 is 9.80 Å². The molecule has 0 atom stereocenters. The Kier molecular flexibility index (Phi) is 9.06. The van der Waals surface area contributed by atoms with Gasteiger partial charge in [-0.3, -0.25) is 0 Å². The highest BCUT2D eigenvalue weighted by Crippen LogP contribution is 2.67. The average molecular weight is 955 g/mol. The molecule has 1 aliphatic heterocycles. The molecule has 11 aromatic carbocycles. The highest BCUT2D eigenvalue weighted by Gasteiger charge is 2.53. The van der Waals surface area contributed by atoms with Gasteiger partial charge in [-0.1, -0.05) is 183 Å². The maximum atomic E-state index is 2.60. The summed E-state index contributed by atoms with van der Waals surface area (Å²) in [5, 5.41) is 5.13. The second-order valence-electron chi connectivity index (χ2n) is 19.9. The molecule has 2 aliphatic carbocycles. The summed E-state index contributed by atoms with van der Waals surface area (Å²) in [6.45, 7) is 4.81. The number of para-hydroxylation sites is 3. The number of hydrogen-bond acceptors (Lipinski definition) is 4. The minimum atomic E-state index is -0.673. The number of anilines is 6. The molecule has 0 N–H and O–H groups in total. The lowest BCUT2D eigenvalue weighted by Gasteiger charge is -2.43. The van der Waals surface area contributed by atoms with Crippen LogP contribution in [0.3, 0.4) is 0 Å². The molecule has 0 radical (unpaired) electrons. The summed E-state index contributed by atoms with van der Waals surface area (Å²) < 4.78 is 2.57. The molecule has 0 amide bonds. The zero-order valence-electron chi connectivity index (χ0n) is 39.8. The van der Waals surface area contributed by atoms with Crippen LogP contribution in [0.15, 0.2) is 252 Å². The Labute approximate surface area is 428 Å². The predicted octanol–water partition coefficient (Wildman–Crippen LogP) is 19.3. The van der Waals surface area contributed by atoms with E-state index in [2.05, 4.69) is 266 Å². The van der Waals surface area contributed by atoms with Crippen molar-refractivity contribution in [3.63, 3.8) is 0 Å². The van der Waals surface area contributed by atoms with Crippen molar-refractivity contribution in [1.29, 1.82) is 0 Å². The van der Waals surface area contributed by atoms with Gasteiger partial charge in [-0.05, 0) is 140 Å². The Morgan fingerprint density at radius 3 is 1.57 bits per heavy atom. The molecule has 0 saturated heterocycles. The van der Waals surface area contributed by atoms with Crippen molar-refractivity contribution >= 4 is 88.2 Å². The van der Waals surface area contributed by atoms with Crippen LogP contribution >= 0.6 is 23.1 Å². The second-order valence-corrected chi connectivity index (χ2v) is 22.0. The minimum absolute atomic E-state index is 0.202. The highest BCUT2D eigenvalue weighted by atomic mass is 32.2. The van der Waals surface area contributed by atoms with Gasteiger partial charge in [0.25, 0.3) is 0 Å². The summed E-state index contributed by atoms with van der Waals surface area (Å²) in [5.41, 5.74) is 19.2. The molecule has 1 aromatic heterocycles. The lowest BCUT2D eigenvalue weighted by atomic mass is 9.66.